The van der Waals surface area contributed by atoms with Gasteiger partial charge in [0, 0.05) is 6.42 Å². The van der Waals surface area contributed by atoms with Crippen LogP contribution in [0.4, 0.5) is 4.39 Å². The molecule has 3 nitrogen and oxygen atoms in total. The fourth-order valence-corrected chi connectivity index (χ4v) is 1.47. The van der Waals surface area contributed by atoms with E-state index in [2.05, 4.69) is 0 Å². The molecule has 3 atom stereocenters. The fraction of sp³-hybridized carbons (Fsp3) is 1.00. The molecule has 0 radical (unpaired) electrons. The van der Waals surface area contributed by atoms with Gasteiger partial charge < -0.3 is 14.2 Å². The SMILES string of the molecule is FC1CCOC2COCOC12. The smallest absolute Gasteiger partial charge is 0.147 e. The first kappa shape index (κ1) is 7.46. The summed E-state index contributed by atoms with van der Waals surface area (Å²) in [5.74, 6) is 0. The molecular formula is C7H11FO3. The van der Waals surface area contributed by atoms with Crippen molar-refractivity contribution in [3.05, 3.63) is 0 Å². The van der Waals surface area contributed by atoms with Gasteiger partial charge in [0.1, 0.15) is 25.2 Å². The van der Waals surface area contributed by atoms with Crippen LogP contribution in [-0.2, 0) is 14.2 Å². The van der Waals surface area contributed by atoms with E-state index in [9.17, 15) is 4.39 Å². The highest BCUT2D eigenvalue weighted by Crippen LogP contribution is 2.23. The van der Waals surface area contributed by atoms with E-state index in [-0.39, 0.29) is 12.9 Å². The first-order valence-corrected chi connectivity index (χ1v) is 3.83. The quantitative estimate of drug-likeness (QED) is 0.518. The van der Waals surface area contributed by atoms with E-state index >= 15 is 0 Å². The van der Waals surface area contributed by atoms with Gasteiger partial charge in [0.2, 0.25) is 0 Å². The van der Waals surface area contributed by atoms with Crippen LogP contribution in [0.5, 0.6) is 0 Å². The molecule has 0 amide bonds. The molecule has 0 saturated carbocycles. The number of ether oxygens (including phenoxy) is 3. The van der Waals surface area contributed by atoms with Crippen LogP contribution in [0.3, 0.4) is 0 Å². The standard InChI is InChI=1S/C7H11FO3/c8-5-1-2-10-6-3-9-4-11-7(5)6/h5-7H,1-4H2. The molecule has 0 aromatic rings. The molecule has 0 N–H and O–H groups in total. The molecule has 0 aromatic carbocycles. The summed E-state index contributed by atoms with van der Waals surface area (Å²) in [7, 11) is 0. The van der Waals surface area contributed by atoms with Gasteiger partial charge in [-0.05, 0) is 0 Å². The zero-order valence-electron chi connectivity index (χ0n) is 6.16. The highest BCUT2D eigenvalue weighted by atomic mass is 19.1. The van der Waals surface area contributed by atoms with Crippen molar-refractivity contribution in [2.45, 2.75) is 24.8 Å². The summed E-state index contributed by atoms with van der Waals surface area (Å²) in [5, 5.41) is 0. The summed E-state index contributed by atoms with van der Waals surface area (Å²) in [6.07, 6.45) is -1.01. The molecule has 0 bridgehead atoms. The predicted molar refractivity (Wildman–Crippen MR) is 34.9 cm³/mol. The van der Waals surface area contributed by atoms with Gasteiger partial charge in [-0.2, -0.15) is 0 Å². The molecule has 2 rings (SSSR count). The summed E-state index contributed by atoms with van der Waals surface area (Å²) in [6, 6.07) is 0. The lowest BCUT2D eigenvalue weighted by Gasteiger charge is -2.36. The van der Waals surface area contributed by atoms with Crippen LogP contribution in [0, 0.1) is 0 Å². The summed E-state index contributed by atoms with van der Waals surface area (Å²) in [4.78, 5) is 0. The summed E-state index contributed by atoms with van der Waals surface area (Å²) < 4.78 is 28.4. The number of alkyl halides is 1. The lowest BCUT2D eigenvalue weighted by atomic mass is 10.0. The normalized spacial score (nSPS) is 45.0. The summed E-state index contributed by atoms with van der Waals surface area (Å²) in [5.41, 5.74) is 0. The number of hydrogen-bond donors (Lipinski definition) is 0. The minimum absolute atomic E-state index is 0.188. The van der Waals surface area contributed by atoms with Gasteiger partial charge in [-0.15, -0.1) is 0 Å². The first-order chi connectivity index (χ1) is 5.38. The molecule has 2 aliphatic heterocycles. The Balaban J connectivity index is 1.99. The van der Waals surface area contributed by atoms with E-state index in [0.29, 0.717) is 19.6 Å². The zero-order chi connectivity index (χ0) is 7.68. The molecule has 2 heterocycles. The Kier molecular flexibility index (Phi) is 2.07. The molecule has 11 heavy (non-hydrogen) atoms. The van der Waals surface area contributed by atoms with E-state index < -0.39 is 12.3 Å². The van der Waals surface area contributed by atoms with Crippen molar-refractivity contribution >= 4 is 0 Å². The van der Waals surface area contributed by atoms with Crippen LogP contribution in [0.2, 0.25) is 0 Å². The molecule has 0 aromatic heterocycles. The second kappa shape index (κ2) is 3.05. The highest BCUT2D eigenvalue weighted by molar-refractivity contribution is 4.83. The van der Waals surface area contributed by atoms with Crippen molar-refractivity contribution < 1.29 is 18.6 Å². The molecule has 3 unspecified atom stereocenters. The van der Waals surface area contributed by atoms with E-state index in [4.69, 9.17) is 14.2 Å². The Hall–Kier alpha value is -0.190. The molecule has 0 aliphatic carbocycles. The van der Waals surface area contributed by atoms with Crippen molar-refractivity contribution in [2.75, 3.05) is 20.0 Å². The van der Waals surface area contributed by atoms with E-state index in [0.717, 1.165) is 0 Å². The second-order valence-corrected chi connectivity index (χ2v) is 2.83. The van der Waals surface area contributed by atoms with Gasteiger partial charge in [-0.25, -0.2) is 4.39 Å². The maximum Gasteiger partial charge on any atom is 0.147 e. The van der Waals surface area contributed by atoms with Gasteiger partial charge in [0.05, 0.1) is 13.2 Å². The molecule has 0 spiro atoms. The van der Waals surface area contributed by atoms with Crippen LogP contribution >= 0.6 is 0 Å². The number of halogens is 1. The van der Waals surface area contributed by atoms with Gasteiger partial charge >= 0.3 is 0 Å². The van der Waals surface area contributed by atoms with Crippen LogP contribution in [0.15, 0.2) is 0 Å². The average Bonchev–Trinajstić information content (AvgIpc) is 2.06. The van der Waals surface area contributed by atoms with Gasteiger partial charge in [0.15, 0.2) is 0 Å². The molecule has 4 heteroatoms. The second-order valence-electron chi connectivity index (χ2n) is 2.83. The number of fused-ring (bicyclic) bond motifs is 1. The van der Waals surface area contributed by atoms with E-state index in [1.807, 2.05) is 0 Å². The Morgan fingerprint density at radius 1 is 1.27 bits per heavy atom. The van der Waals surface area contributed by atoms with Crippen molar-refractivity contribution in [3.8, 4) is 0 Å². The van der Waals surface area contributed by atoms with Crippen LogP contribution in [0.1, 0.15) is 6.42 Å². The van der Waals surface area contributed by atoms with E-state index in [1.165, 1.54) is 0 Å². The Bertz CT molecular complexity index is 140. The summed E-state index contributed by atoms with van der Waals surface area (Å²) in [6.45, 7) is 1.14. The lowest BCUT2D eigenvalue weighted by molar-refractivity contribution is -0.242. The Morgan fingerprint density at radius 2 is 2.18 bits per heavy atom. The number of rotatable bonds is 0. The third-order valence-electron chi connectivity index (χ3n) is 2.07. The highest BCUT2D eigenvalue weighted by Gasteiger charge is 2.37. The first-order valence-electron chi connectivity index (χ1n) is 3.83. The van der Waals surface area contributed by atoms with Crippen molar-refractivity contribution in [2.24, 2.45) is 0 Å². The maximum absolute atomic E-state index is 13.1. The maximum atomic E-state index is 13.1. The van der Waals surface area contributed by atoms with Gasteiger partial charge in [-0.3, -0.25) is 0 Å². The Labute approximate surface area is 64.4 Å². The monoisotopic (exact) mass is 162 g/mol. The fourth-order valence-electron chi connectivity index (χ4n) is 1.47. The molecule has 2 fully saturated rings. The van der Waals surface area contributed by atoms with Gasteiger partial charge in [0.25, 0.3) is 0 Å². The van der Waals surface area contributed by atoms with Gasteiger partial charge in [-0.1, -0.05) is 0 Å². The largest absolute Gasteiger partial charge is 0.373 e. The molecule has 2 saturated heterocycles. The topological polar surface area (TPSA) is 27.7 Å². The minimum Gasteiger partial charge on any atom is -0.373 e. The van der Waals surface area contributed by atoms with Crippen LogP contribution < -0.4 is 0 Å². The average molecular weight is 162 g/mol. The minimum atomic E-state index is -0.877. The van der Waals surface area contributed by atoms with Crippen molar-refractivity contribution in [1.82, 2.24) is 0 Å². The third-order valence-corrected chi connectivity index (χ3v) is 2.07. The molecule has 64 valence electrons. The van der Waals surface area contributed by atoms with Crippen LogP contribution in [-0.4, -0.2) is 38.4 Å². The number of hydrogen-bond acceptors (Lipinski definition) is 3. The summed E-state index contributed by atoms with van der Waals surface area (Å²) >= 11 is 0. The predicted octanol–water partition coefficient (Wildman–Crippen LogP) is 0.486. The van der Waals surface area contributed by atoms with Crippen molar-refractivity contribution in [3.63, 3.8) is 0 Å². The lowest BCUT2D eigenvalue weighted by Crippen LogP contribution is -2.50. The van der Waals surface area contributed by atoms with Crippen molar-refractivity contribution in [1.29, 1.82) is 0 Å². The van der Waals surface area contributed by atoms with Crippen LogP contribution in [0.25, 0.3) is 0 Å². The molecule has 2 aliphatic rings. The Morgan fingerprint density at radius 3 is 3.00 bits per heavy atom. The van der Waals surface area contributed by atoms with E-state index in [1.54, 1.807) is 0 Å². The zero-order valence-corrected chi connectivity index (χ0v) is 6.16. The third kappa shape index (κ3) is 1.38. The molecular weight excluding hydrogens is 151 g/mol.